The number of carbonyl (C=O) groups excluding carboxylic acids is 1. The zero-order valence-corrected chi connectivity index (χ0v) is 8.10. The third-order valence-electron chi connectivity index (χ3n) is 1.67. The summed E-state index contributed by atoms with van der Waals surface area (Å²) in [6, 6.07) is 3.45. The topological polar surface area (TPSA) is 80.9 Å². The smallest absolute Gasteiger partial charge is 0.225 e. The van der Waals surface area contributed by atoms with Crippen LogP contribution < -0.4 is 11.1 Å². The zero-order valence-electron chi connectivity index (χ0n) is 8.10. The molecule has 0 aromatic carbocycles. The lowest BCUT2D eigenvalue weighted by molar-refractivity contribution is -0.116. The van der Waals surface area contributed by atoms with E-state index in [1.807, 2.05) is 6.92 Å². The molecule has 14 heavy (non-hydrogen) atoms. The Kier molecular flexibility index (Phi) is 4.00. The Balaban J connectivity index is 2.35. The molecule has 0 aliphatic rings. The molecule has 5 nitrogen and oxygen atoms in total. The lowest BCUT2D eigenvalue weighted by atomic mass is 10.2. The summed E-state index contributed by atoms with van der Waals surface area (Å²) < 4.78 is 0. The summed E-state index contributed by atoms with van der Waals surface area (Å²) in [5, 5.41) is 10.0. The van der Waals surface area contributed by atoms with Crippen molar-refractivity contribution >= 4 is 11.7 Å². The van der Waals surface area contributed by atoms with Gasteiger partial charge >= 0.3 is 0 Å². The van der Waals surface area contributed by atoms with Gasteiger partial charge in [0, 0.05) is 18.7 Å². The van der Waals surface area contributed by atoms with Gasteiger partial charge in [-0.3, -0.25) is 4.79 Å². The van der Waals surface area contributed by atoms with E-state index in [2.05, 4.69) is 15.5 Å². The van der Waals surface area contributed by atoms with Crippen LogP contribution in [0.25, 0.3) is 0 Å². The second kappa shape index (κ2) is 5.29. The molecule has 0 saturated heterocycles. The molecule has 1 heterocycles. The summed E-state index contributed by atoms with van der Waals surface area (Å²) in [5.74, 6) is 0.393. The molecule has 0 fully saturated rings. The van der Waals surface area contributed by atoms with Crippen LogP contribution in [0.5, 0.6) is 0 Å². The van der Waals surface area contributed by atoms with Crippen LogP contribution in [0.3, 0.4) is 0 Å². The van der Waals surface area contributed by atoms with Crippen molar-refractivity contribution in [3.63, 3.8) is 0 Å². The van der Waals surface area contributed by atoms with E-state index in [9.17, 15) is 4.79 Å². The number of nitrogens with zero attached hydrogens (tertiary/aromatic N) is 2. The van der Waals surface area contributed by atoms with Crippen LogP contribution in [-0.4, -0.2) is 22.1 Å². The van der Waals surface area contributed by atoms with Gasteiger partial charge in [-0.2, -0.15) is 5.10 Å². The number of amides is 1. The molecule has 0 radical (unpaired) electrons. The Morgan fingerprint density at radius 2 is 2.50 bits per heavy atom. The molecule has 76 valence electrons. The van der Waals surface area contributed by atoms with E-state index in [1.54, 1.807) is 18.3 Å². The minimum atomic E-state index is -0.0807. The second-order valence-electron chi connectivity index (χ2n) is 3.17. The van der Waals surface area contributed by atoms with Gasteiger partial charge in [0.2, 0.25) is 5.91 Å². The highest BCUT2D eigenvalue weighted by atomic mass is 16.1. The summed E-state index contributed by atoms with van der Waals surface area (Å²) in [6.45, 7) is 1.87. The van der Waals surface area contributed by atoms with Gasteiger partial charge in [0.05, 0.1) is 0 Å². The highest BCUT2D eigenvalue weighted by Crippen LogP contribution is 2.01. The number of nitrogens with one attached hydrogen (secondary N) is 1. The van der Waals surface area contributed by atoms with E-state index in [4.69, 9.17) is 5.73 Å². The van der Waals surface area contributed by atoms with Crippen LogP contribution in [0.1, 0.15) is 19.8 Å². The van der Waals surface area contributed by atoms with Crippen molar-refractivity contribution in [3.05, 3.63) is 18.3 Å². The second-order valence-corrected chi connectivity index (χ2v) is 3.17. The molecule has 0 aliphatic carbocycles. The number of nitrogens with two attached hydrogens (primary N) is 1. The normalized spacial score (nSPS) is 12.1. The molecular formula is C9H14N4O. The SMILES string of the molecule is CC(N)CCC(=O)Nc1cccnn1. The van der Waals surface area contributed by atoms with Crippen LogP contribution in [-0.2, 0) is 4.79 Å². The summed E-state index contributed by atoms with van der Waals surface area (Å²) in [5.41, 5.74) is 5.53. The Labute approximate surface area is 82.7 Å². The average Bonchev–Trinajstić information content (AvgIpc) is 2.16. The molecule has 1 atom stereocenters. The fourth-order valence-corrected chi connectivity index (χ4v) is 0.932. The predicted octanol–water partition coefficient (Wildman–Crippen LogP) is 0.542. The van der Waals surface area contributed by atoms with Gasteiger partial charge in [-0.25, -0.2) is 0 Å². The van der Waals surface area contributed by atoms with Gasteiger partial charge < -0.3 is 11.1 Å². The van der Waals surface area contributed by atoms with Crippen molar-refractivity contribution in [1.29, 1.82) is 0 Å². The van der Waals surface area contributed by atoms with E-state index in [-0.39, 0.29) is 11.9 Å². The maximum absolute atomic E-state index is 11.3. The van der Waals surface area contributed by atoms with Crippen molar-refractivity contribution in [2.75, 3.05) is 5.32 Å². The van der Waals surface area contributed by atoms with E-state index in [1.165, 1.54) is 0 Å². The van der Waals surface area contributed by atoms with Gasteiger partial charge in [-0.15, -0.1) is 5.10 Å². The van der Waals surface area contributed by atoms with Crippen LogP contribution in [0, 0.1) is 0 Å². The van der Waals surface area contributed by atoms with Gasteiger partial charge in [-0.1, -0.05) is 0 Å². The van der Waals surface area contributed by atoms with Crippen LogP contribution in [0.2, 0.25) is 0 Å². The molecule has 1 aromatic heterocycles. The Morgan fingerprint density at radius 1 is 1.71 bits per heavy atom. The first kappa shape index (κ1) is 10.6. The van der Waals surface area contributed by atoms with Crippen LogP contribution in [0.15, 0.2) is 18.3 Å². The molecular weight excluding hydrogens is 180 g/mol. The van der Waals surface area contributed by atoms with Gasteiger partial charge in [0.25, 0.3) is 0 Å². The Bertz CT molecular complexity index is 286. The average molecular weight is 194 g/mol. The number of carbonyl (C=O) groups is 1. The number of rotatable bonds is 4. The number of hydrogen-bond acceptors (Lipinski definition) is 4. The first-order valence-corrected chi connectivity index (χ1v) is 4.51. The Morgan fingerprint density at radius 3 is 3.07 bits per heavy atom. The summed E-state index contributed by atoms with van der Waals surface area (Å²) in [6.07, 6.45) is 2.64. The standard InChI is InChI=1S/C9H14N4O/c1-7(10)4-5-9(14)12-8-3-2-6-11-13-8/h2-3,6-7H,4-5,10H2,1H3,(H,12,13,14). The summed E-state index contributed by atoms with van der Waals surface area (Å²) in [7, 11) is 0. The fraction of sp³-hybridized carbons (Fsp3) is 0.444. The van der Waals surface area contributed by atoms with Crippen LogP contribution in [0.4, 0.5) is 5.82 Å². The van der Waals surface area contributed by atoms with E-state index in [0.29, 0.717) is 18.7 Å². The Hall–Kier alpha value is -1.49. The van der Waals surface area contributed by atoms with E-state index in [0.717, 1.165) is 0 Å². The molecule has 1 unspecified atom stereocenters. The maximum Gasteiger partial charge on any atom is 0.225 e. The number of anilines is 1. The first-order chi connectivity index (χ1) is 6.68. The van der Waals surface area contributed by atoms with Crippen molar-refractivity contribution in [3.8, 4) is 0 Å². The predicted molar refractivity (Wildman–Crippen MR) is 53.5 cm³/mol. The first-order valence-electron chi connectivity index (χ1n) is 4.51. The third-order valence-corrected chi connectivity index (χ3v) is 1.67. The monoisotopic (exact) mass is 194 g/mol. The van der Waals surface area contributed by atoms with E-state index < -0.39 is 0 Å². The van der Waals surface area contributed by atoms with Crippen molar-refractivity contribution in [1.82, 2.24) is 10.2 Å². The summed E-state index contributed by atoms with van der Waals surface area (Å²) >= 11 is 0. The lowest BCUT2D eigenvalue weighted by Crippen LogP contribution is -2.19. The highest BCUT2D eigenvalue weighted by molar-refractivity contribution is 5.89. The quantitative estimate of drug-likeness (QED) is 0.733. The summed E-state index contributed by atoms with van der Waals surface area (Å²) in [4.78, 5) is 11.3. The third kappa shape index (κ3) is 3.95. The largest absolute Gasteiger partial charge is 0.328 e. The van der Waals surface area contributed by atoms with Crippen molar-refractivity contribution in [2.45, 2.75) is 25.8 Å². The van der Waals surface area contributed by atoms with Gasteiger partial charge in [0.15, 0.2) is 5.82 Å². The fourth-order valence-electron chi connectivity index (χ4n) is 0.932. The highest BCUT2D eigenvalue weighted by Gasteiger charge is 2.04. The number of aromatic nitrogens is 2. The maximum atomic E-state index is 11.3. The molecule has 0 spiro atoms. The minimum absolute atomic E-state index is 0.0441. The minimum Gasteiger partial charge on any atom is -0.328 e. The van der Waals surface area contributed by atoms with Gasteiger partial charge in [0.1, 0.15) is 0 Å². The van der Waals surface area contributed by atoms with E-state index >= 15 is 0 Å². The van der Waals surface area contributed by atoms with Gasteiger partial charge in [-0.05, 0) is 25.5 Å². The molecule has 0 aliphatic heterocycles. The molecule has 1 aromatic rings. The van der Waals surface area contributed by atoms with Crippen molar-refractivity contribution < 1.29 is 4.79 Å². The molecule has 1 amide bonds. The zero-order chi connectivity index (χ0) is 10.4. The molecule has 0 saturated carbocycles. The van der Waals surface area contributed by atoms with Crippen LogP contribution >= 0.6 is 0 Å². The molecule has 3 N–H and O–H groups in total. The number of hydrogen-bond donors (Lipinski definition) is 2. The molecule has 1 rings (SSSR count). The van der Waals surface area contributed by atoms with Crippen molar-refractivity contribution in [2.24, 2.45) is 5.73 Å². The molecule has 5 heteroatoms. The molecule has 0 bridgehead atoms. The lowest BCUT2D eigenvalue weighted by Gasteiger charge is -2.05.